The van der Waals surface area contributed by atoms with Gasteiger partial charge in [-0.1, -0.05) is 27.2 Å². The Morgan fingerprint density at radius 1 is 1.25 bits per heavy atom. The largest absolute Gasteiger partial charge is 0.340 e. The molecule has 1 amide bonds. The fourth-order valence-corrected chi connectivity index (χ4v) is 1.75. The van der Waals surface area contributed by atoms with Crippen LogP contribution in [0, 0.1) is 11.8 Å². The lowest BCUT2D eigenvalue weighted by molar-refractivity contribution is -0.134. The fraction of sp³-hybridized carbons (Fsp3) is 0.923. The van der Waals surface area contributed by atoms with Crippen molar-refractivity contribution in [2.45, 2.75) is 53.5 Å². The summed E-state index contributed by atoms with van der Waals surface area (Å²) in [5.41, 5.74) is 5.64. The van der Waals surface area contributed by atoms with Crippen molar-refractivity contribution >= 4 is 5.91 Å². The van der Waals surface area contributed by atoms with E-state index in [0.29, 0.717) is 24.8 Å². The van der Waals surface area contributed by atoms with E-state index in [1.165, 1.54) is 0 Å². The molecule has 0 aliphatic carbocycles. The second-order valence-electron chi connectivity index (χ2n) is 5.25. The van der Waals surface area contributed by atoms with Crippen LogP contribution in [-0.4, -0.2) is 29.9 Å². The predicted octanol–water partition coefficient (Wildman–Crippen LogP) is 2.25. The third-order valence-corrected chi connectivity index (χ3v) is 2.88. The molecule has 0 radical (unpaired) electrons. The van der Waals surface area contributed by atoms with Crippen molar-refractivity contribution in [3.05, 3.63) is 0 Å². The molecule has 0 spiro atoms. The van der Waals surface area contributed by atoms with Crippen LogP contribution in [0.5, 0.6) is 0 Å². The van der Waals surface area contributed by atoms with Gasteiger partial charge in [-0.3, -0.25) is 4.79 Å². The number of amides is 1. The molecule has 1 unspecified atom stereocenters. The number of rotatable bonds is 7. The number of nitrogens with two attached hydrogens (primary N) is 1. The highest BCUT2D eigenvalue weighted by Gasteiger charge is 2.20. The lowest BCUT2D eigenvalue weighted by atomic mass is 10.0. The SMILES string of the molecule is CCC(CN)CC(=O)N(CC(C)C)C(C)C. The monoisotopic (exact) mass is 228 g/mol. The van der Waals surface area contributed by atoms with E-state index in [0.717, 1.165) is 13.0 Å². The van der Waals surface area contributed by atoms with Gasteiger partial charge in [-0.15, -0.1) is 0 Å². The lowest BCUT2D eigenvalue weighted by Crippen LogP contribution is -2.40. The highest BCUT2D eigenvalue weighted by atomic mass is 16.2. The molecule has 0 fully saturated rings. The van der Waals surface area contributed by atoms with Gasteiger partial charge >= 0.3 is 0 Å². The average Bonchev–Trinajstić information content (AvgIpc) is 2.21. The first-order valence-corrected chi connectivity index (χ1v) is 6.41. The van der Waals surface area contributed by atoms with Crippen LogP contribution in [0.25, 0.3) is 0 Å². The molecule has 0 saturated heterocycles. The van der Waals surface area contributed by atoms with Gasteiger partial charge in [0.25, 0.3) is 0 Å². The summed E-state index contributed by atoms with van der Waals surface area (Å²) in [5, 5.41) is 0. The molecule has 2 N–H and O–H groups in total. The number of carbonyl (C=O) groups is 1. The van der Waals surface area contributed by atoms with Crippen LogP contribution in [0.3, 0.4) is 0 Å². The summed E-state index contributed by atoms with van der Waals surface area (Å²) in [7, 11) is 0. The molecule has 3 heteroatoms. The van der Waals surface area contributed by atoms with E-state index in [1.54, 1.807) is 0 Å². The highest BCUT2D eigenvalue weighted by Crippen LogP contribution is 2.12. The Bertz CT molecular complexity index is 198. The van der Waals surface area contributed by atoms with Gasteiger partial charge in [0, 0.05) is 19.0 Å². The smallest absolute Gasteiger partial charge is 0.223 e. The van der Waals surface area contributed by atoms with E-state index in [-0.39, 0.29) is 11.9 Å². The third kappa shape index (κ3) is 5.50. The van der Waals surface area contributed by atoms with E-state index >= 15 is 0 Å². The van der Waals surface area contributed by atoms with Crippen molar-refractivity contribution in [2.75, 3.05) is 13.1 Å². The number of carbonyl (C=O) groups excluding carboxylic acids is 1. The minimum absolute atomic E-state index is 0.251. The topological polar surface area (TPSA) is 46.3 Å². The molecule has 0 bridgehead atoms. The molecule has 16 heavy (non-hydrogen) atoms. The summed E-state index contributed by atoms with van der Waals surface area (Å²) in [6.07, 6.45) is 1.58. The standard InChI is InChI=1S/C13H28N2O/c1-6-12(8-14)7-13(16)15(11(4)5)9-10(2)3/h10-12H,6-9,14H2,1-5H3. The van der Waals surface area contributed by atoms with Crippen molar-refractivity contribution in [1.82, 2.24) is 4.90 Å². The molecule has 96 valence electrons. The highest BCUT2D eigenvalue weighted by molar-refractivity contribution is 5.76. The van der Waals surface area contributed by atoms with Crippen LogP contribution in [0.4, 0.5) is 0 Å². The van der Waals surface area contributed by atoms with Crippen LogP contribution in [0.1, 0.15) is 47.5 Å². The first kappa shape index (κ1) is 15.4. The van der Waals surface area contributed by atoms with Crippen LogP contribution >= 0.6 is 0 Å². The number of nitrogens with zero attached hydrogens (tertiary/aromatic N) is 1. The van der Waals surface area contributed by atoms with E-state index in [1.807, 2.05) is 4.90 Å². The molecule has 3 nitrogen and oxygen atoms in total. The Hall–Kier alpha value is -0.570. The summed E-state index contributed by atoms with van der Waals surface area (Å²) in [6.45, 7) is 12.0. The minimum Gasteiger partial charge on any atom is -0.340 e. The maximum absolute atomic E-state index is 12.1. The average molecular weight is 228 g/mol. The van der Waals surface area contributed by atoms with Crippen LogP contribution in [-0.2, 0) is 4.79 Å². The summed E-state index contributed by atoms with van der Waals surface area (Å²) in [6, 6.07) is 0.283. The van der Waals surface area contributed by atoms with E-state index in [2.05, 4.69) is 34.6 Å². The quantitative estimate of drug-likeness (QED) is 0.726. The summed E-state index contributed by atoms with van der Waals surface area (Å²) < 4.78 is 0. The van der Waals surface area contributed by atoms with E-state index < -0.39 is 0 Å². The van der Waals surface area contributed by atoms with Crippen LogP contribution in [0.15, 0.2) is 0 Å². The Morgan fingerprint density at radius 3 is 2.12 bits per heavy atom. The Kier molecular flexibility index (Phi) is 7.39. The normalized spacial score (nSPS) is 13.2. The third-order valence-electron chi connectivity index (χ3n) is 2.88. The molecule has 0 aromatic carbocycles. The summed E-state index contributed by atoms with van der Waals surface area (Å²) in [4.78, 5) is 14.1. The fourth-order valence-electron chi connectivity index (χ4n) is 1.75. The molecule has 0 aliphatic rings. The van der Waals surface area contributed by atoms with Crippen molar-refractivity contribution < 1.29 is 4.79 Å². The molecule has 0 heterocycles. The first-order valence-electron chi connectivity index (χ1n) is 6.41. The molecule has 0 aromatic heterocycles. The Labute approximate surface area is 100 Å². The number of hydrogen-bond acceptors (Lipinski definition) is 2. The van der Waals surface area contributed by atoms with Gasteiger partial charge in [-0.2, -0.15) is 0 Å². The second kappa shape index (κ2) is 7.66. The first-order chi connectivity index (χ1) is 7.42. The van der Waals surface area contributed by atoms with Crippen molar-refractivity contribution in [3.63, 3.8) is 0 Å². The molecular formula is C13H28N2O. The minimum atomic E-state index is 0.251. The van der Waals surface area contributed by atoms with E-state index in [4.69, 9.17) is 5.73 Å². The Morgan fingerprint density at radius 2 is 1.81 bits per heavy atom. The number of hydrogen-bond donors (Lipinski definition) is 1. The van der Waals surface area contributed by atoms with Gasteiger partial charge in [0.15, 0.2) is 0 Å². The van der Waals surface area contributed by atoms with Gasteiger partial charge in [-0.25, -0.2) is 0 Å². The maximum Gasteiger partial charge on any atom is 0.223 e. The zero-order chi connectivity index (χ0) is 12.7. The summed E-state index contributed by atoms with van der Waals surface area (Å²) in [5.74, 6) is 1.10. The second-order valence-corrected chi connectivity index (χ2v) is 5.25. The molecule has 0 aliphatic heterocycles. The van der Waals surface area contributed by atoms with Gasteiger partial charge in [0.05, 0.1) is 0 Å². The van der Waals surface area contributed by atoms with Crippen molar-refractivity contribution in [1.29, 1.82) is 0 Å². The molecule has 0 rings (SSSR count). The Balaban J connectivity index is 4.37. The van der Waals surface area contributed by atoms with Gasteiger partial charge < -0.3 is 10.6 Å². The summed E-state index contributed by atoms with van der Waals surface area (Å²) >= 11 is 0. The zero-order valence-electron chi connectivity index (χ0n) is 11.5. The lowest BCUT2D eigenvalue weighted by Gasteiger charge is -2.29. The molecular weight excluding hydrogens is 200 g/mol. The van der Waals surface area contributed by atoms with Gasteiger partial charge in [0.1, 0.15) is 0 Å². The predicted molar refractivity (Wildman–Crippen MR) is 69.1 cm³/mol. The molecule has 0 saturated carbocycles. The maximum atomic E-state index is 12.1. The van der Waals surface area contributed by atoms with Gasteiger partial charge in [-0.05, 0) is 32.2 Å². The molecule has 0 aromatic rings. The van der Waals surface area contributed by atoms with Crippen LogP contribution in [0.2, 0.25) is 0 Å². The van der Waals surface area contributed by atoms with Crippen LogP contribution < -0.4 is 5.73 Å². The zero-order valence-corrected chi connectivity index (χ0v) is 11.5. The van der Waals surface area contributed by atoms with E-state index in [9.17, 15) is 4.79 Å². The van der Waals surface area contributed by atoms with Gasteiger partial charge in [0.2, 0.25) is 5.91 Å². The molecule has 1 atom stereocenters. The van der Waals surface area contributed by atoms with Crippen molar-refractivity contribution in [3.8, 4) is 0 Å². The van der Waals surface area contributed by atoms with Crippen molar-refractivity contribution in [2.24, 2.45) is 17.6 Å².